The van der Waals surface area contributed by atoms with Gasteiger partial charge >= 0.3 is 6.18 Å². The number of carbonyl (C=O) groups excluding carboxylic acids is 1. The number of amidine groups is 1. The van der Waals surface area contributed by atoms with Gasteiger partial charge in [-0.25, -0.2) is 18.4 Å². The number of hydrogen-bond acceptors (Lipinski definition) is 7. The van der Waals surface area contributed by atoms with Gasteiger partial charge in [0.25, 0.3) is 0 Å². The molecule has 1 aromatic carbocycles. The Morgan fingerprint density at radius 2 is 1.85 bits per heavy atom. The van der Waals surface area contributed by atoms with Gasteiger partial charge in [0, 0.05) is 38.0 Å². The van der Waals surface area contributed by atoms with Crippen LogP contribution in [0, 0.1) is 5.41 Å². The SMILES string of the molecule is CS(=O)(=O)c1ccc(-c2[nH]c(C=N)nc2NCC(=O)N2CCN(C(=NC=S)C(Cl)=CCC(F)(F)F)CC2)cc1. The summed E-state index contributed by atoms with van der Waals surface area (Å²) in [4.78, 5) is 27.4. The number of thiocarbonyl (C=S) groups is 1. The molecule has 10 nitrogen and oxygen atoms in total. The van der Waals surface area contributed by atoms with Gasteiger partial charge in [-0.3, -0.25) is 4.79 Å². The summed E-state index contributed by atoms with van der Waals surface area (Å²) in [6, 6.07) is 6.10. The van der Waals surface area contributed by atoms with Crippen LogP contribution in [-0.4, -0.2) is 96.8 Å². The van der Waals surface area contributed by atoms with Crippen molar-refractivity contribution in [1.29, 1.82) is 5.41 Å². The fourth-order valence-electron chi connectivity index (χ4n) is 3.75. The highest BCUT2D eigenvalue weighted by atomic mass is 35.5. The van der Waals surface area contributed by atoms with Crippen LogP contribution in [0.2, 0.25) is 0 Å². The monoisotopic (exact) mass is 603 g/mol. The molecule has 0 atom stereocenters. The van der Waals surface area contributed by atoms with Crippen molar-refractivity contribution in [2.24, 2.45) is 4.99 Å². The minimum atomic E-state index is -4.41. The van der Waals surface area contributed by atoms with Crippen molar-refractivity contribution < 1.29 is 26.4 Å². The number of amides is 1. The van der Waals surface area contributed by atoms with E-state index >= 15 is 0 Å². The first-order chi connectivity index (χ1) is 18.3. The van der Waals surface area contributed by atoms with Gasteiger partial charge in [-0.2, -0.15) is 13.2 Å². The number of anilines is 1. The molecule has 1 saturated heterocycles. The molecular weight excluding hydrogens is 579 g/mol. The maximum Gasteiger partial charge on any atom is 0.392 e. The Labute approximate surface area is 233 Å². The Kier molecular flexibility index (Phi) is 9.85. The number of carbonyl (C=O) groups is 1. The van der Waals surface area contributed by atoms with Crippen LogP contribution in [-0.2, 0) is 14.6 Å². The van der Waals surface area contributed by atoms with Crippen LogP contribution in [0.5, 0.6) is 0 Å². The van der Waals surface area contributed by atoms with Crippen LogP contribution in [0.1, 0.15) is 12.2 Å². The van der Waals surface area contributed by atoms with E-state index in [9.17, 15) is 26.4 Å². The minimum Gasteiger partial charge on any atom is -0.359 e. The largest absolute Gasteiger partial charge is 0.392 e. The van der Waals surface area contributed by atoms with Gasteiger partial charge in [0.1, 0.15) is 5.84 Å². The quantitative estimate of drug-likeness (QED) is 0.227. The molecule has 2 heterocycles. The molecule has 1 aliphatic rings. The Balaban J connectivity index is 1.64. The number of aromatic nitrogens is 2. The van der Waals surface area contributed by atoms with E-state index in [1.807, 2.05) is 0 Å². The normalized spacial score (nSPS) is 15.3. The summed E-state index contributed by atoms with van der Waals surface area (Å²) < 4.78 is 61.2. The third-order valence-corrected chi connectivity index (χ3v) is 7.23. The number of hydrogen-bond donors (Lipinski definition) is 3. The summed E-state index contributed by atoms with van der Waals surface area (Å²) in [5.41, 5.74) is 2.11. The van der Waals surface area contributed by atoms with Crippen molar-refractivity contribution >= 4 is 62.9 Å². The summed E-state index contributed by atoms with van der Waals surface area (Å²) in [5.74, 6) is 0.411. The van der Waals surface area contributed by atoms with E-state index in [-0.39, 0.29) is 60.2 Å². The Hall–Kier alpha value is -3.30. The zero-order valence-corrected chi connectivity index (χ0v) is 23.0. The lowest BCUT2D eigenvalue weighted by Gasteiger charge is -2.36. The van der Waals surface area contributed by atoms with E-state index in [0.717, 1.165) is 24.0 Å². The van der Waals surface area contributed by atoms with E-state index in [1.54, 1.807) is 21.9 Å². The summed E-state index contributed by atoms with van der Waals surface area (Å²) >= 11 is 10.8. The van der Waals surface area contributed by atoms with E-state index in [1.165, 1.54) is 12.1 Å². The molecule has 39 heavy (non-hydrogen) atoms. The summed E-state index contributed by atoms with van der Waals surface area (Å²) in [6.45, 7) is 0.979. The van der Waals surface area contributed by atoms with Gasteiger partial charge < -0.3 is 25.5 Å². The van der Waals surface area contributed by atoms with E-state index in [2.05, 4.69) is 20.3 Å². The van der Waals surface area contributed by atoms with Gasteiger partial charge in [0.2, 0.25) is 5.91 Å². The highest BCUT2D eigenvalue weighted by molar-refractivity contribution is 7.90. The molecule has 2 aromatic rings. The number of alkyl halides is 3. The maximum absolute atomic E-state index is 12.9. The molecule has 0 aliphatic carbocycles. The number of H-pyrrole nitrogens is 1. The standard InChI is InChI=1S/C23H25ClF3N7O3S2/c1-39(36,37)16-4-2-15(3-5-16)20-21(32-18(12-28)31-20)29-13-19(35)33-8-10-34(11-9-33)22(30-14-38)17(24)6-7-23(25,26)27/h2-6,12,14,28-29H,7-11,13H2,1H3,(H,31,32). The molecule has 0 saturated carbocycles. The summed E-state index contributed by atoms with van der Waals surface area (Å²) in [6.07, 6.45) is -2.67. The first-order valence-corrected chi connectivity index (χ1v) is 14.2. The smallest absolute Gasteiger partial charge is 0.359 e. The van der Waals surface area contributed by atoms with Crippen LogP contribution in [0.4, 0.5) is 19.0 Å². The van der Waals surface area contributed by atoms with Crippen molar-refractivity contribution in [3.8, 4) is 11.3 Å². The summed E-state index contributed by atoms with van der Waals surface area (Å²) in [7, 11) is -3.37. The zero-order valence-electron chi connectivity index (χ0n) is 20.6. The number of piperazine rings is 1. The number of nitrogens with one attached hydrogen (secondary N) is 3. The fraction of sp³-hybridized carbons (Fsp3) is 0.348. The molecule has 1 fully saturated rings. The fourth-order valence-corrected chi connectivity index (χ4v) is 4.72. The molecular formula is C23H25ClF3N7O3S2. The number of allylic oxidation sites excluding steroid dienone is 1. The predicted molar refractivity (Wildman–Crippen MR) is 147 cm³/mol. The molecule has 210 valence electrons. The molecule has 3 N–H and O–H groups in total. The Bertz CT molecular complexity index is 1380. The lowest BCUT2D eigenvalue weighted by atomic mass is 10.1. The van der Waals surface area contributed by atoms with Crippen molar-refractivity contribution in [1.82, 2.24) is 19.8 Å². The first-order valence-electron chi connectivity index (χ1n) is 11.4. The molecule has 0 bridgehead atoms. The van der Waals surface area contributed by atoms with Gasteiger partial charge in [-0.05, 0) is 12.1 Å². The second kappa shape index (κ2) is 12.7. The number of aliphatic imine (C=N–C) groups is 1. The van der Waals surface area contributed by atoms with Crippen LogP contribution < -0.4 is 5.32 Å². The molecule has 0 spiro atoms. The lowest BCUT2D eigenvalue weighted by molar-refractivity contribution is -0.130. The van der Waals surface area contributed by atoms with Crippen molar-refractivity contribution in [3.63, 3.8) is 0 Å². The number of imidazole rings is 1. The zero-order chi connectivity index (χ0) is 28.8. The second-order valence-corrected chi connectivity index (χ2v) is 11.1. The Morgan fingerprint density at radius 3 is 2.38 bits per heavy atom. The third kappa shape index (κ3) is 8.34. The average molecular weight is 604 g/mol. The number of sulfone groups is 1. The number of aromatic amines is 1. The molecule has 1 amide bonds. The lowest BCUT2D eigenvalue weighted by Crippen LogP contribution is -2.52. The van der Waals surface area contributed by atoms with Crippen LogP contribution in [0.3, 0.4) is 0 Å². The molecule has 0 radical (unpaired) electrons. The Morgan fingerprint density at radius 1 is 1.23 bits per heavy atom. The highest BCUT2D eigenvalue weighted by Crippen LogP contribution is 2.27. The number of halogens is 4. The van der Waals surface area contributed by atoms with E-state index in [0.29, 0.717) is 17.1 Å². The van der Waals surface area contributed by atoms with Crippen molar-refractivity contribution in [3.05, 3.63) is 41.2 Å². The van der Waals surface area contributed by atoms with Crippen LogP contribution >= 0.6 is 23.8 Å². The van der Waals surface area contributed by atoms with Gasteiger partial charge in [-0.1, -0.05) is 42.0 Å². The predicted octanol–water partition coefficient (Wildman–Crippen LogP) is 3.46. The van der Waals surface area contributed by atoms with E-state index in [4.69, 9.17) is 29.2 Å². The first kappa shape index (κ1) is 30.2. The molecule has 1 aromatic heterocycles. The average Bonchev–Trinajstić information content (AvgIpc) is 3.31. The number of rotatable bonds is 9. The maximum atomic E-state index is 12.9. The highest BCUT2D eigenvalue weighted by Gasteiger charge is 2.28. The number of benzene rings is 1. The van der Waals surface area contributed by atoms with Gasteiger partial charge in [-0.15, -0.1) is 0 Å². The van der Waals surface area contributed by atoms with Crippen molar-refractivity contribution in [2.45, 2.75) is 17.5 Å². The van der Waals surface area contributed by atoms with Crippen LogP contribution in [0.15, 0.2) is 45.3 Å². The van der Waals surface area contributed by atoms with Crippen LogP contribution in [0.25, 0.3) is 11.3 Å². The molecule has 0 unspecified atom stereocenters. The summed E-state index contributed by atoms with van der Waals surface area (Å²) in [5, 5.41) is 10.3. The van der Waals surface area contributed by atoms with Gasteiger partial charge in [0.15, 0.2) is 21.5 Å². The van der Waals surface area contributed by atoms with Crippen molar-refractivity contribution in [2.75, 3.05) is 44.3 Å². The third-order valence-electron chi connectivity index (χ3n) is 5.67. The molecule has 1 aliphatic heterocycles. The van der Waals surface area contributed by atoms with Gasteiger partial charge in [0.05, 0.1) is 40.3 Å². The second-order valence-electron chi connectivity index (χ2n) is 8.44. The van der Waals surface area contributed by atoms with E-state index < -0.39 is 22.4 Å². The number of nitrogens with zero attached hydrogens (tertiary/aromatic N) is 4. The topological polar surface area (TPSA) is 135 Å². The minimum absolute atomic E-state index is 0.114. The molecule has 3 rings (SSSR count). The molecule has 16 heteroatoms.